The van der Waals surface area contributed by atoms with Crippen LogP contribution in [0, 0.1) is 0 Å². The Morgan fingerprint density at radius 3 is 2.06 bits per heavy atom. The van der Waals surface area contributed by atoms with Gasteiger partial charge in [0.05, 0.1) is 4.75 Å². The van der Waals surface area contributed by atoms with E-state index >= 15 is 0 Å². The van der Waals surface area contributed by atoms with Gasteiger partial charge in [-0.25, -0.2) is 8.42 Å². The summed E-state index contributed by atoms with van der Waals surface area (Å²) in [6, 6.07) is 0. The Balaban J connectivity index is 1.93. The lowest BCUT2D eigenvalue weighted by molar-refractivity contribution is 0.208. The average molecular weight is 357 g/mol. The van der Waals surface area contributed by atoms with Crippen LogP contribution in [-0.4, -0.2) is 47.4 Å². The highest BCUT2D eigenvalue weighted by Crippen LogP contribution is 2.44. The van der Waals surface area contributed by atoms with E-state index in [-0.39, 0.29) is 4.75 Å². The number of piperidine rings is 1. The molecular formula is C11H20INO2S. The third-order valence-electron chi connectivity index (χ3n) is 4.00. The Labute approximate surface area is 112 Å². The van der Waals surface area contributed by atoms with Crippen LogP contribution in [0.5, 0.6) is 0 Å². The number of hydrogen-bond acceptors (Lipinski definition) is 3. The molecule has 94 valence electrons. The molecule has 0 amide bonds. The van der Waals surface area contributed by atoms with Crippen molar-refractivity contribution in [3.8, 4) is 0 Å². The fourth-order valence-corrected chi connectivity index (χ4v) is 4.11. The van der Waals surface area contributed by atoms with Gasteiger partial charge in [-0.05, 0) is 38.8 Å². The summed E-state index contributed by atoms with van der Waals surface area (Å²) in [5.74, 6) is 0. The molecule has 0 aromatic rings. The maximum atomic E-state index is 11.7. The van der Waals surface area contributed by atoms with Gasteiger partial charge in [-0.1, -0.05) is 29.5 Å². The predicted octanol–water partition coefficient (Wildman–Crippen LogP) is 1.85. The molecule has 0 unspecified atom stereocenters. The highest BCUT2D eigenvalue weighted by molar-refractivity contribution is 14.1. The molecule has 1 saturated heterocycles. The molecule has 2 rings (SSSR count). The maximum absolute atomic E-state index is 11.7. The summed E-state index contributed by atoms with van der Waals surface area (Å²) in [6.07, 6.45) is 5.47. The van der Waals surface area contributed by atoms with E-state index in [1.54, 1.807) is 0 Å². The molecule has 3 nitrogen and oxygen atoms in total. The molecular weight excluding hydrogens is 337 g/mol. The van der Waals surface area contributed by atoms with Crippen molar-refractivity contribution in [2.24, 2.45) is 0 Å². The van der Waals surface area contributed by atoms with Gasteiger partial charge in [-0.3, -0.25) is 0 Å². The standard InChI is InChI=1S/C11H20INO2S/c1-10(12)5-7-13(8-6-10)9-11(3-4-11)16(2,14)15/h3-9H2,1-2H3. The number of nitrogens with zero attached hydrogens (tertiary/aromatic N) is 1. The normalized spacial score (nSPS) is 28.9. The molecule has 1 heterocycles. The average Bonchev–Trinajstić information content (AvgIpc) is 2.89. The molecule has 1 saturated carbocycles. The third kappa shape index (κ3) is 2.72. The van der Waals surface area contributed by atoms with Crippen LogP contribution >= 0.6 is 22.6 Å². The minimum Gasteiger partial charge on any atom is -0.302 e. The second-order valence-corrected chi connectivity index (χ2v) is 10.7. The fourth-order valence-electron chi connectivity index (χ4n) is 2.37. The van der Waals surface area contributed by atoms with Gasteiger partial charge < -0.3 is 4.90 Å². The Kier molecular flexibility index (Phi) is 3.34. The Hall–Kier alpha value is 0.640. The van der Waals surface area contributed by atoms with Gasteiger partial charge in [0.25, 0.3) is 0 Å². The maximum Gasteiger partial charge on any atom is 0.154 e. The van der Waals surface area contributed by atoms with Gasteiger partial charge in [-0.15, -0.1) is 0 Å². The largest absolute Gasteiger partial charge is 0.302 e. The third-order valence-corrected chi connectivity index (χ3v) is 7.19. The predicted molar refractivity (Wildman–Crippen MR) is 74.9 cm³/mol. The first-order valence-electron chi connectivity index (χ1n) is 5.85. The smallest absolute Gasteiger partial charge is 0.154 e. The Bertz CT molecular complexity index is 363. The molecule has 0 aromatic heterocycles. The lowest BCUT2D eigenvalue weighted by Gasteiger charge is -2.37. The quantitative estimate of drug-likeness (QED) is 0.572. The van der Waals surface area contributed by atoms with E-state index in [0.717, 1.165) is 32.5 Å². The second-order valence-electron chi connectivity index (χ2n) is 5.64. The molecule has 2 fully saturated rings. The van der Waals surface area contributed by atoms with Crippen molar-refractivity contribution < 1.29 is 8.42 Å². The molecule has 0 radical (unpaired) electrons. The monoisotopic (exact) mass is 357 g/mol. The highest BCUT2D eigenvalue weighted by Gasteiger charge is 2.53. The minimum atomic E-state index is -2.86. The van der Waals surface area contributed by atoms with Crippen LogP contribution in [0.1, 0.15) is 32.6 Å². The van der Waals surface area contributed by atoms with Crippen molar-refractivity contribution in [1.29, 1.82) is 0 Å². The molecule has 1 aliphatic heterocycles. The van der Waals surface area contributed by atoms with Crippen molar-refractivity contribution in [1.82, 2.24) is 4.90 Å². The summed E-state index contributed by atoms with van der Waals surface area (Å²) < 4.78 is 23.4. The van der Waals surface area contributed by atoms with Crippen molar-refractivity contribution in [2.45, 2.75) is 40.8 Å². The van der Waals surface area contributed by atoms with Gasteiger partial charge in [0.2, 0.25) is 0 Å². The molecule has 16 heavy (non-hydrogen) atoms. The van der Waals surface area contributed by atoms with E-state index in [9.17, 15) is 8.42 Å². The summed E-state index contributed by atoms with van der Waals surface area (Å²) in [6.45, 7) is 5.15. The van der Waals surface area contributed by atoms with Gasteiger partial charge in [-0.2, -0.15) is 0 Å². The molecule has 0 spiro atoms. The first-order valence-corrected chi connectivity index (χ1v) is 8.82. The number of sulfone groups is 1. The van der Waals surface area contributed by atoms with Crippen molar-refractivity contribution in [2.75, 3.05) is 25.9 Å². The summed E-state index contributed by atoms with van der Waals surface area (Å²) in [5, 5.41) is 0. The molecule has 0 aromatic carbocycles. The highest BCUT2D eigenvalue weighted by atomic mass is 127. The fraction of sp³-hybridized carbons (Fsp3) is 1.00. The Morgan fingerprint density at radius 1 is 1.19 bits per heavy atom. The lowest BCUT2D eigenvalue weighted by Crippen LogP contribution is -2.45. The Morgan fingerprint density at radius 2 is 1.69 bits per heavy atom. The van der Waals surface area contributed by atoms with Crippen LogP contribution in [0.25, 0.3) is 0 Å². The number of alkyl halides is 1. The molecule has 1 aliphatic carbocycles. The van der Waals surface area contributed by atoms with Crippen LogP contribution in [0.2, 0.25) is 0 Å². The summed E-state index contributed by atoms with van der Waals surface area (Å²) >= 11 is 2.53. The van der Waals surface area contributed by atoms with Crippen LogP contribution in [0.3, 0.4) is 0 Å². The van der Waals surface area contributed by atoms with E-state index in [2.05, 4.69) is 34.4 Å². The van der Waals surface area contributed by atoms with Crippen molar-refractivity contribution in [3.63, 3.8) is 0 Å². The number of rotatable bonds is 3. The minimum absolute atomic E-state index is 0.383. The van der Waals surface area contributed by atoms with Gasteiger partial charge in [0.1, 0.15) is 0 Å². The van der Waals surface area contributed by atoms with E-state index in [0.29, 0.717) is 3.42 Å². The van der Waals surface area contributed by atoms with E-state index < -0.39 is 9.84 Å². The van der Waals surface area contributed by atoms with Crippen LogP contribution in [0.15, 0.2) is 0 Å². The zero-order valence-corrected chi connectivity index (χ0v) is 13.0. The van der Waals surface area contributed by atoms with Gasteiger partial charge in [0.15, 0.2) is 9.84 Å². The molecule has 0 atom stereocenters. The van der Waals surface area contributed by atoms with Crippen LogP contribution in [0.4, 0.5) is 0 Å². The topological polar surface area (TPSA) is 37.4 Å². The number of likely N-dealkylation sites (tertiary alicyclic amines) is 1. The number of hydrogen-bond donors (Lipinski definition) is 0. The van der Waals surface area contributed by atoms with E-state index in [4.69, 9.17) is 0 Å². The van der Waals surface area contributed by atoms with Crippen molar-refractivity contribution >= 4 is 32.4 Å². The van der Waals surface area contributed by atoms with Gasteiger partial charge in [0, 0.05) is 16.2 Å². The van der Waals surface area contributed by atoms with E-state index in [1.165, 1.54) is 19.1 Å². The molecule has 0 bridgehead atoms. The molecule has 0 N–H and O–H groups in total. The van der Waals surface area contributed by atoms with Crippen LogP contribution < -0.4 is 0 Å². The first-order chi connectivity index (χ1) is 7.24. The first kappa shape index (κ1) is 13.1. The molecule has 5 heteroatoms. The summed E-state index contributed by atoms with van der Waals surface area (Å²) in [7, 11) is -2.86. The lowest BCUT2D eigenvalue weighted by atomic mass is 9.99. The summed E-state index contributed by atoms with van der Waals surface area (Å²) in [5.41, 5.74) is 0. The zero-order valence-electron chi connectivity index (χ0n) is 10.00. The summed E-state index contributed by atoms with van der Waals surface area (Å²) in [4.78, 5) is 2.34. The van der Waals surface area contributed by atoms with Crippen LogP contribution in [-0.2, 0) is 9.84 Å². The van der Waals surface area contributed by atoms with Gasteiger partial charge >= 0.3 is 0 Å². The van der Waals surface area contributed by atoms with Crippen molar-refractivity contribution in [3.05, 3.63) is 0 Å². The second kappa shape index (κ2) is 4.09. The SMILES string of the molecule is CC1(I)CCN(CC2(S(C)(=O)=O)CC2)CC1. The molecule has 2 aliphatic rings. The zero-order chi connectivity index (χ0) is 12.0. The van der Waals surface area contributed by atoms with E-state index in [1.807, 2.05) is 0 Å². The number of halogens is 1.